The summed E-state index contributed by atoms with van der Waals surface area (Å²) in [5, 5.41) is 0.168. The monoisotopic (exact) mass is 373 g/mol. The second-order valence-corrected chi connectivity index (χ2v) is 7.68. The summed E-state index contributed by atoms with van der Waals surface area (Å²) in [5.41, 5.74) is 0.756. The highest BCUT2D eigenvalue weighted by atomic mass is 32.2. The Morgan fingerprint density at radius 1 is 1.00 bits per heavy atom. The molecule has 136 valence electrons. The zero-order valence-corrected chi connectivity index (χ0v) is 15.5. The molecular weight excluding hydrogens is 354 g/mol. The van der Waals surface area contributed by atoms with Crippen molar-refractivity contribution in [3.63, 3.8) is 0 Å². The molecule has 8 heteroatoms. The van der Waals surface area contributed by atoms with Crippen LogP contribution in [0.4, 0.5) is 5.69 Å². The van der Waals surface area contributed by atoms with Gasteiger partial charge < -0.3 is 0 Å². The third-order valence-electron chi connectivity index (χ3n) is 4.39. The third-order valence-corrected chi connectivity index (χ3v) is 5.75. The summed E-state index contributed by atoms with van der Waals surface area (Å²) in [6.07, 6.45) is 0.680. The molecule has 0 aliphatic heterocycles. The van der Waals surface area contributed by atoms with Crippen LogP contribution in [-0.2, 0) is 30.5 Å². The molecule has 2 aromatic carbocycles. The number of aromatic nitrogens is 2. The van der Waals surface area contributed by atoms with E-state index < -0.39 is 21.3 Å². The number of sulfonamides is 1. The number of anilines is 1. The van der Waals surface area contributed by atoms with Crippen LogP contribution in [-0.4, -0.2) is 17.6 Å². The lowest BCUT2D eigenvalue weighted by molar-refractivity contribution is 0.601. The number of para-hydroxylation sites is 1. The molecule has 0 aliphatic rings. The molecule has 0 saturated heterocycles. The maximum Gasteiger partial charge on any atom is 0.330 e. The van der Waals surface area contributed by atoms with Gasteiger partial charge in [-0.25, -0.2) is 13.2 Å². The molecular formula is C18H19N3O4S. The van der Waals surface area contributed by atoms with Gasteiger partial charge in [0.25, 0.3) is 15.6 Å². The number of nitrogens with one attached hydrogen (secondary N) is 1. The van der Waals surface area contributed by atoms with Gasteiger partial charge in [-0.1, -0.05) is 25.1 Å². The van der Waals surface area contributed by atoms with Crippen LogP contribution in [0.2, 0.25) is 0 Å². The quantitative estimate of drug-likeness (QED) is 0.752. The SMILES string of the molecule is CCc1ccccc1NS(=O)(=O)c1ccc2c(c1)c(=O)n(C)c(=O)n2C. The van der Waals surface area contributed by atoms with E-state index in [0.29, 0.717) is 17.6 Å². The normalized spacial score (nSPS) is 11.7. The van der Waals surface area contributed by atoms with Gasteiger partial charge in [-0.15, -0.1) is 0 Å². The molecule has 0 aliphatic carbocycles. The smallest absolute Gasteiger partial charge is 0.296 e. The molecule has 0 saturated carbocycles. The summed E-state index contributed by atoms with van der Waals surface area (Å²) in [4.78, 5) is 24.3. The number of nitrogens with zero attached hydrogens (tertiary/aromatic N) is 2. The molecule has 1 heterocycles. The summed E-state index contributed by atoms with van der Waals surface area (Å²) >= 11 is 0. The lowest BCUT2D eigenvalue weighted by atomic mass is 10.1. The van der Waals surface area contributed by atoms with Crippen molar-refractivity contribution in [1.29, 1.82) is 0 Å². The first-order valence-corrected chi connectivity index (χ1v) is 9.55. The van der Waals surface area contributed by atoms with Crippen LogP contribution < -0.4 is 16.0 Å². The average Bonchev–Trinajstić information content (AvgIpc) is 2.64. The van der Waals surface area contributed by atoms with Gasteiger partial charge in [0, 0.05) is 14.1 Å². The lowest BCUT2D eigenvalue weighted by Crippen LogP contribution is -2.37. The molecule has 3 aromatic rings. The molecule has 0 bridgehead atoms. The van der Waals surface area contributed by atoms with Crippen LogP contribution in [0.15, 0.2) is 56.9 Å². The van der Waals surface area contributed by atoms with E-state index in [9.17, 15) is 18.0 Å². The van der Waals surface area contributed by atoms with Gasteiger partial charge in [0.2, 0.25) is 0 Å². The van der Waals surface area contributed by atoms with E-state index in [1.807, 2.05) is 19.1 Å². The predicted molar refractivity (Wildman–Crippen MR) is 101 cm³/mol. The fraction of sp³-hybridized carbons (Fsp3) is 0.222. The average molecular weight is 373 g/mol. The van der Waals surface area contributed by atoms with E-state index >= 15 is 0 Å². The molecule has 0 unspecified atom stereocenters. The Hall–Kier alpha value is -2.87. The largest absolute Gasteiger partial charge is 0.330 e. The fourth-order valence-electron chi connectivity index (χ4n) is 2.87. The predicted octanol–water partition coefficient (Wildman–Crippen LogP) is 1.60. The first-order chi connectivity index (χ1) is 12.3. The number of hydrogen-bond acceptors (Lipinski definition) is 4. The van der Waals surface area contributed by atoms with Gasteiger partial charge in [0.05, 0.1) is 21.5 Å². The molecule has 0 radical (unpaired) electrons. The van der Waals surface area contributed by atoms with Crippen molar-refractivity contribution in [2.24, 2.45) is 14.1 Å². The van der Waals surface area contributed by atoms with Crippen molar-refractivity contribution in [3.05, 3.63) is 68.9 Å². The second-order valence-electron chi connectivity index (χ2n) is 6.00. The molecule has 1 aromatic heterocycles. The Balaban J connectivity index is 2.16. The Labute approximate surface area is 150 Å². The highest BCUT2D eigenvalue weighted by Gasteiger charge is 2.18. The van der Waals surface area contributed by atoms with Crippen LogP contribution in [0.1, 0.15) is 12.5 Å². The summed E-state index contributed by atoms with van der Waals surface area (Å²) in [6.45, 7) is 1.94. The molecule has 0 amide bonds. The van der Waals surface area contributed by atoms with E-state index in [2.05, 4.69) is 4.72 Å². The van der Waals surface area contributed by atoms with E-state index in [0.717, 1.165) is 10.1 Å². The zero-order chi connectivity index (χ0) is 19.1. The van der Waals surface area contributed by atoms with Gasteiger partial charge in [-0.2, -0.15) is 0 Å². The van der Waals surface area contributed by atoms with Crippen molar-refractivity contribution >= 4 is 26.6 Å². The minimum Gasteiger partial charge on any atom is -0.296 e. The minimum atomic E-state index is -3.88. The number of fused-ring (bicyclic) bond motifs is 1. The van der Waals surface area contributed by atoms with E-state index in [1.165, 1.54) is 36.9 Å². The summed E-state index contributed by atoms with van der Waals surface area (Å²) in [5.74, 6) is 0. The molecule has 0 atom stereocenters. The van der Waals surface area contributed by atoms with E-state index in [-0.39, 0.29) is 10.3 Å². The Kier molecular flexibility index (Phi) is 4.45. The number of hydrogen-bond donors (Lipinski definition) is 1. The molecule has 3 rings (SSSR count). The topological polar surface area (TPSA) is 90.2 Å². The molecule has 1 N–H and O–H groups in total. The Bertz CT molecular complexity index is 1220. The second kappa shape index (κ2) is 6.45. The number of aryl methyl sites for hydroxylation is 2. The first kappa shape index (κ1) is 17.9. The van der Waals surface area contributed by atoms with Gasteiger partial charge in [-0.05, 0) is 36.2 Å². The molecule has 0 fully saturated rings. The first-order valence-electron chi connectivity index (χ1n) is 8.06. The number of benzene rings is 2. The van der Waals surface area contributed by atoms with Crippen LogP contribution in [0.3, 0.4) is 0 Å². The van der Waals surface area contributed by atoms with Crippen molar-refractivity contribution in [2.45, 2.75) is 18.2 Å². The van der Waals surface area contributed by atoms with Gasteiger partial charge in [0.15, 0.2) is 0 Å². The molecule has 26 heavy (non-hydrogen) atoms. The lowest BCUT2D eigenvalue weighted by Gasteiger charge is -2.13. The van der Waals surface area contributed by atoms with Gasteiger partial charge in [-0.3, -0.25) is 18.7 Å². The van der Waals surface area contributed by atoms with Crippen LogP contribution in [0.25, 0.3) is 10.9 Å². The number of rotatable bonds is 4. The Morgan fingerprint density at radius 3 is 2.38 bits per heavy atom. The zero-order valence-electron chi connectivity index (χ0n) is 14.7. The molecule has 0 spiro atoms. The standard InChI is InChI=1S/C18H19N3O4S/c1-4-12-7-5-6-8-15(12)19-26(24,25)13-9-10-16-14(11-13)17(22)21(3)18(23)20(16)2/h5-11,19H,4H2,1-3H3. The van der Waals surface area contributed by atoms with Crippen LogP contribution >= 0.6 is 0 Å². The van der Waals surface area contributed by atoms with Crippen molar-refractivity contribution in [1.82, 2.24) is 9.13 Å². The summed E-state index contributed by atoms with van der Waals surface area (Å²) < 4.78 is 30.4. The van der Waals surface area contributed by atoms with Crippen molar-refractivity contribution in [2.75, 3.05) is 4.72 Å². The molecule has 7 nitrogen and oxygen atoms in total. The van der Waals surface area contributed by atoms with E-state index in [1.54, 1.807) is 12.1 Å². The van der Waals surface area contributed by atoms with Crippen LogP contribution in [0, 0.1) is 0 Å². The third kappa shape index (κ3) is 2.92. The minimum absolute atomic E-state index is 0.0355. The highest BCUT2D eigenvalue weighted by Crippen LogP contribution is 2.22. The van der Waals surface area contributed by atoms with Gasteiger partial charge >= 0.3 is 5.69 Å². The van der Waals surface area contributed by atoms with E-state index in [4.69, 9.17) is 0 Å². The van der Waals surface area contributed by atoms with Crippen LogP contribution in [0.5, 0.6) is 0 Å². The maximum absolute atomic E-state index is 12.8. The highest BCUT2D eigenvalue weighted by molar-refractivity contribution is 7.92. The summed E-state index contributed by atoms with van der Waals surface area (Å²) in [7, 11) is -0.978. The fourth-order valence-corrected chi connectivity index (χ4v) is 4.00. The van der Waals surface area contributed by atoms with Crippen molar-refractivity contribution in [3.8, 4) is 0 Å². The Morgan fingerprint density at radius 2 is 1.69 bits per heavy atom. The summed E-state index contributed by atoms with van der Waals surface area (Å²) in [6, 6.07) is 11.3. The van der Waals surface area contributed by atoms with Gasteiger partial charge in [0.1, 0.15) is 0 Å². The van der Waals surface area contributed by atoms with Crippen molar-refractivity contribution < 1.29 is 8.42 Å². The maximum atomic E-state index is 12.8.